The summed E-state index contributed by atoms with van der Waals surface area (Å²) in [6.45, 7) is 14.9. The van der Waals surface area contributed by atoms with E-state index in [1.807, 2.05) is 32.6 Å². The van der Waals surface area contributed by atoms with Crippen LogP contribution in [0.25, 0.3) is 0 Å². The van der Waals surface area contributed by atoms with Gasteiger partial charge in [-0.25, -0.2) is 8.42 Å². The van der Waals surface area contributed by atoms with Gasteiger partial charge in [0.05, 0.1) is 0 Å². The molecule has 1 saturated carbocycles. The fraction of sp³-hybridized carbons (Fsp3) is 0.737. The topological polar surface area (TPSA) is 66.5 Å². The monoisotopic (exact) mass is 398 g/mol. The van der Waals surface area contributed by atoms with Crippen LogP contribution in [-0.2, 0) is 14.8 Å². The van der Waals surface area contributed by atoms with Crippen LogP contribution in [0.1, 0.15) is 46.4 Å². The summed E-state index contributed by atoms with van der Waals surface area (Å²) in [5.41, 5.74) is -0.222. The number of thiophene rings is 1. The summed E-state index contributed by atoms with van der Waals surface area (Å²) in [6.07, 6.45) is 0. The molecule has 0 bridgehead atoms. The third-order valence-electron chi connectivity index (χ3n) is 6.19. The molecule has 1 aromatic heterocycles. The van der Waals surface area contributed by atoms with Gasteiger partial charge in [0.1, 0.15) is 10.3 Å². The number of amides is 1. The quantitative estimate of drug-likeness (QED) is 0.847. The Hall–Kier alpha value is -0.920. The number of fused-ring (bicyclic) bond motifs is 1. The van der Waals surface area contributed by atoms with Crippen molar-refractivity contribution >= 4 is 27.3 Å². The maximum Gasteiger partial charge on any atom is 0.250 e. The second-order valence-electron chi connectivity index (χ2n) is 9.47. The van der Waals surface area contributed by atoms with E-state index in [1.54, 1.807) is 12.1 Å². The Labute approximate surface area is 161 Å². The Morgan fingerprint density at radius 3 is 2.38 bits per heavy atom. The predicted molar refractivity (Wildman–Crippen MR) is 105 cm³/mol. The molecule has 2 aliphatic rings. The lowest BCUT2D eigenvalue weighted by Gasteiger charge is -2.36. The summed E-state index contributed by atoms with van der Waals surface area (Å²) in [4.78, 5) is 16.1. The van der Waals surface area contributed by atoms with E-state index >= 15 is 0 Å². The van der Waals surface area contributed by atoms with Crippen molar-refractivity contribution in [1.82, 2.24) is 9.62 Å². The highest BCUT2D eigenvalue weighted by Gasteiger charge is 2.66. The van der Waals surface area contributed by atoms with E-state index in [9.17, 15) is 13.2 Å². The highest BCUT2D eigenvalue weighted by atomic mass is 32.2. The Bertz CT molecular complexity index is 820. The summed E-state index contributed by atoms with van der Waals surface area (Å²) in [7, 11) is -3.72. The molecule has 7 heteroatoms. The van der Waals surface area contributed by atoms with Crippen LogP contribution in [0.5, 0.6) is 0 Å². The van der Waals surface area contributed by atoms with E-state index < -0.39 is 21.5 Å². The highest BCUT2D eigenvalue weighted by molar-refractivity contribution is 7.91. The maximum atomic E-state index is 13.3. The van der Waals surface area contributed by atoms with Crippen molar-refractivity contribution in [1.29, 1.82) is 0 Å². The first-order valence-corrected chi connectivity index (χ1v) is 11.5. The van der Waals surface area contributed by atoms with Crippen LogP contribution in [0.15, 0.2) is 16.3 Å². The lowest BCUT2D eigenvalue weighted by atomic mass is 9.86. The normalized spacial score (nSPS) is 28.7. The molecule has 0 radical (unpaired) electrons. The van der Waals surface area contributed by atoms with E-state index in [1.165, 1.54) is 11.3 Å². The van der Waals surface area contributed by atoms with Crippen molar-refractivity contribution in [2.45, 2.75) is 64.8 Å². The third kappa shape index (κ3) is 3.22. The first-order chi connectivity index (χ1) is 11.8. The summed E-state index contributed by atoms with van der Waals surface area (Å²) in [6, 6.07) is 2.76. The van der Waals surface area contributed by atoms with Gasteiger partial charge in [0.15, 0.2) is 0 Å². The zero-order valence-corrected chi connectivity index (χ0v) is 18.3. The Kier molecular flexibility index (Phi) is 4.61. The van der Waals surface area contributed by atoms with Crippen LogP contribution in [0.4, 0.5) is 0 Å². The molecule has 3 rings (SSSR count). The Morgan fingerprint density at radius 1 is 1.35 bits per heavy atom. The lowest BCUT2D eigenvalue weighted by molar-refractivity contribution is -0.137. The number of nitrogens with one attached hydrogen (secondary N) is 1. The molecule has 1 amide bonds. The van der Waals surface area contributed by atoms with Crippen LogP contribution in [0.3, 0.4) is 0 Å². The molecule has 1 unspecified atom stereocenters. The van der Waals surface area contributed by atoms with Crippen LogP contribution < -0.4 is 4.72 Å². The van der Waals surface area contributed by atoms with Crippen molar-refractivity contribution in [2.24, 2.45) is 22.7 Å². The molecule has 146 valence electrons. The molecule has 1 N–H and O–H groups in total. The molecule has 0 aromatic carbocycles. The Balaban J connectivity index is 1.83. The van der Waals surface area contributed by atoms with Crippen molar-refractivity contribution in [3.63, 3.8) is 0 Å². The number of nitrogens with zero attached hydrogens (tertiary/aromatic N) is 1. The molecule has 5 nitrogen and oxygen atoms in total. The number of carbonyl (C=O) groups excluding carboxylic acids is 1. The van der Waals surface area contributed by atoms with Crippen LogP contribution in [0.2, 0.25) is 0 Å². The third-order valence-corrected chi connectivity index (χ3v) is 9.11. The average Bonchev–Trinajstić information content (AvgIpc) is 2.86. The van der Waals surface area contributed by atoms with Crippen molar-refractivity contribution in [2.75, 3.05) is 6.54 Å². The summed E-state index contributed by atoms with van der Waals surface area (Å²) in [5.74, 6) is 0.937. The minimum atomic E-state index is -3.72. The van der Waals surface area contributed by atoms with Gasteiger partial charge in [0.25, 0.3) is 10.0 Å². The minimum Gasteiger partial charge on any atom is -0.338 e. The van der Waals surface area contributed by atoms with E-state index in [0.29, 0.717) is 17.3 Å². The molecule has 2 heterocycles. The van der Waals surface area contributed by atoms with Gasteiger partial charge < -0.3 is 4.90 Å². The van der Waals surface area contributed by atoms with Gasteiger partial charge in [-0.2, -0.15) is 4.72 Å². The van der Waals surface area contributed by atoms with Gasteiger partial charge in [-0.05, 0) is 48.6 Å². The molecule has 1 saturated heterocycles. The van der Waals surface area contributed by atoms with Gasteiger partial charge in [0, 0.05) is 17.5 Å². The average molecular weight is 399 g/mol. The van der Waals surface area contributed by atoms with E-state index in [0.717, 1.165) is 11.4 Å². The maximum absolute atomic E-state index is 13.3. The van der Waals surface area contributed by atoms with E-state index in [4.69, 9.17) is 0 Å². The van der Waals surface area contributed by atoms with Crippen molar-refractivity contribution in [3.8, 4) is 0 Å². The summed E-state index contributed by atoms with van der Waals surface area (Å²) >= 11 is 1.22. The minimum absolute atomic E-state index is 0.107. The molecule has 2 fully saturated rings. The second kappa shape index (κ2) is 6.04. The Morgan fingerprint density at radius 2 is 1.96 bits per heavy atom. The molecular formula is C19H30N2O3S2. The first-order valence-electron chi connectivity index (χ1n) is 9.16. The lowest BCUT2D eigenvalue weighted by Crippen LogP contribution is -2.56. The number of aryl methyl sites for hydroxylation is 1. The second-order valence-corrected chi connectivity index (χ2v) is 12.7. The summed E-state index contributed by atoms with van der Waals surface area (Å²) in [5, 5.41) is 0. The number of piperidine rings is 1. The largest absolute Gasteiger partial charge is 0.338 e. The number of hydrogen-bond acceptors (Lipinski definition) is 4. The van der Waals surface area contributed by atoms with Crippen molar-refractivity contribution in [3.05, 3.63) is 17.0 Å². The summed E-state index contributed by atoms with van der Waals surface area (Å²) < 4.78 is 28.6. The first kappa shape index (κ1) is 19.8. The molecule has 1 aliphatic carbocycles. The molecule has 0 spiro atoms. The van der Waals surface area contributed by atoms with Gasteiger partial charge in [0.2, 0.25) is 5.91 Å². The van der Waals surface area contributed by atoms with Gasteiger partial charge in [-0.3, -0.25) is 4.79 Å². The zero-order chi connectivity index (χ0) is 19.7. The molecule has 4 atom stereocenters. The molecule has 1 aromatic rings. The fourth-order valence-corrected chi connectivity index (χ4v) is 7.18. The number of sulfonamides is 1. The van der Waals surface area contributed by atoms with Gasteiger partial charge in [-0.1, -0.05) is 34.6 Å². The van der Waals surface area contributed by atoms with Crippen LogP contribution in [0, 0.1) is 29.6 Å². The molecule has 1 aliphatic heterocycles. The van der Waals surface area contributed by atoms with E-state index in [-0.39, 0.29) is 16.2 Å². The van der Waals surface area contributed by atoms with Crippen molar-refractivity contribution < 1.29 is 13.2 Å². The van der Waals surface area contributed by atoms with Crippen LogP contribution in [-0.4, -0.2) is 37.9 Å². The molecular weight excluding hydrogens is 368 g/mol. The zero-order valence-electron chi connectivity index (χ0n) is 16.7. The number of likely N-dealkylation sites (tertiary alicyclic amines) is 1. The fourth-order valence-electron chi connectivity index (χ4n) is 4.49. The standard InChI is InChI=1S/C19H30N2O3S2/c1-11-8-9-14(25-11)26(23,24)20-16(18(3,4)5)17(22)21-10-13-15(12(21)2)19(13,6)7/h8-9,12-13,15-16,20H,10H2,1-7H3/t12-,13?,15-,16-/m1/s1. The van der Waals surface area contributed by atoms with Crippen LogP contribution >= 0.6 is 11.3 Å². The molecule has 26 heavy (non-hydrogen) atoms. The SMILES string of the molecule is Cc1ccc(S(=O)(=O)N[C@H](C(=O)N2CC3[C@@H]([C@H]2C)C3(C)C)C(C)(C)C)s1. The van der Waals surface area contributed by atoms with Gasteiger partial charge in [-0.15, -0.1) is 11.3 Å². The smallest absolute Gasteiger partial charge is 0.250 e. The number of hydrogen-bond donors (Lipinski definition) is 1. The number of rotatable bonds is 4. The number of carbonyl (C=O) groups is 1. The van der Waals surface area contributed by atoms with Gasteiger partial charge >= 0.3 is 0 Å². The highest BCUT2D eigenvalue weighted by Crippen LogP contribution is 2.64. The predicted octanol–water partition coefficient (Wildman–Crippen LogP) is 3.25. The van der Waals surface area contributed by atoms with E-state index in [2.05, 4.69) is 25.5 Å².